The van der Waals surface area contributed by atoms with E-state index in [9.17, 15) is 9.59 Å². The fourth-order valence-corrected chi connectivity index (χ4v) is 3.56. The van der Waals surface area contributed by atoms with Crippen molar-refractivity contribution in [3.63, 3.8) is 0 Å². The molecule has 0 bridgehead atoms. The van der Waals surface area contributed by atoms with Gasteiger partial charge in [0.05, 0.1) is 12.1 Å². The van der Waals surface area contributed by atoms with Gasteiger partial charge < -0.3 is 9.30 Å². The van der Waals surface area contributed by atoms with Crippen LogP contribution in [0, 0.1) is 20.8 Å². The van der Waals surface area contributed by atoms with E-state index in [1.165, 1.54) is 4.88 Å². The largest absolute Gasteiger partial charge is 0.454 e. The number of Topliss-reactive ketones (excluding diaryl/α,β-unsaturated/α-hetero) is 1. The zero-order chi connectivity index (χ0) is 18.7. The highest BCUT2D eigenvalue weighted by molar-refractivity contribution is 7.09. The van der Waals surface area contributed by atoms with Gasteiger partial charge in [0.2, 0.25) is 5.78 Å². The van der Waals surface area contributed by atoms with Gasteiger partial charge in [-0.1, -0.05) is 23.8 Å². The Labute approximate surface area is 157 Å². The number of ketones is 1. The van der Waals surface area contributed by atoms with Crippen LogP contribution < -0.4 is 0 Å². The van der Waals surface area contributed by atoms with Gasteiger partial charge in [-0.25, -0.2) is 4.79 Å². The number of aryl methyl sites for hydroxylation is 2. The third-order valence-electron chi connectivity index (χ3n) is 4.39. The first kappa shape index (κ1) is 18.1. The highest BCUT2D eigenvalue weighted by atomic mass is 32.1. The summed E-state index contributed by atoms with van der Waals surface area (Å²) in [6.45, 7) is 6.34. The topological polar surface area (TPSA) is 48.3 Å². The lowest BCUT2D eigenvalue weighted by Gasteiger charge is -2.08. The summed E-state index contributed by atoms with van der Waals surface area (Å²) in [4.78, 5) is 25.9. The van der Waals surface area contributed by atoms with Crippen LogP contribution in [0.15, 0.2) is 47.8 Å². The van der Waals surface area contributed by atoms with Crippen LogP contribution in [-0.2, 0) is 11.3 Å². The molecule has 0 aliphatic rings. The third kappa shape index (κ3) is 3.94. The number of thiophene rings is 1. The molecule has 0 amide bonds. The van der Waals surface area contributed by atoms with Gasteiger partial charge in [-0.15, -0.1) is 11.3 Å². The fraction of sp³-hybridized carbons (Fsp3) is 0.238. The Balaban J connectivity index is 1.68. The van der Waals surface area contributed by atoms with Crippen molar-refractivity contribution >= 4 is 23.1 Å². The van der Waals surface area contributed by atoms with E-state index in [1.54, 1.807) is 23.5 Å². The van der Waals surface area contributed by atoms with E-state index in [2.05, 4.69) is 10.6 Å². The van der Waals surface area contributed by atoms with Gasteiger partial charge in [-0.05, 0) is 50.4 Å². The van der Waals surface area contributed by atoms with Crippen LogP contribution in [0.2, 0.25) is 0 Å². The van der Waals surface area contributed by atoms with E-state index in [0.29, 0.717) is 11.1 Å². The average Bonchev–Trinajstić information content (AvgIpc) is 3.24. The Morgan fingerprint density at radius 1 is 1.08 bits per heavy atom. The van der Waals surface area contributed by atoms with Gasteiger partial charge in [-0.2, -0.15) is 0 Å². The molecule has 1 aromatic carbocycles. The molecule has 0 aliphatic carbocycles. The molecule has 0 radical (unpaired) electrons. The summed E-state index contributed by atoms with van der Waals surface area (Å²) >= 11 is 1.69. The molecule has 0 aliphatic heterocycles. The first-order valence-electron chi connectivity index (χ1n) is 8.42. The molecule has 0 spiro atoms. The van der Waals surface area contributed by atoms with E-state index >= 15 is 0 Å². The summed E-state index contributed by atoms with van der Waals surface area (Å²) in [6.07, 6.45) is 0. The maximum absolute atomic E-state index is 12.5. The monoisotopic (exact) mass is 367 g/mol. The number of ether oxygens (including phenoxy) is 1. The summed E-state index contributed by atoms with van der Waals surface area (Å²) < 4.78 is 7.31. The second kappa shape index (κ2) is 7.70. The first-order chi connectivity index (χ1) is 12.5. The minimum Gasteiger partial charge on any atom is -0.454 e. The molecular weight excluding hydrogens is 346 g/mol. The number of hydrogen-bond acceptors (Lipinski definition) is 4. The molecule has 4 nitrogen and oxygen atoms in total. The summed E-state index contributed by atoms with van der Waals surface area (Å²) in [5, 5.41) is 2.04. The molecule has 2 heterocycles. The van der Waals surface area contributed by atoms with Gasteiger partial charge in [0, 0.05) is 21.8 Å². The molecule has 0 saturated heterocycles. The molecule has 3 aromatic rings. The van der Waals surface area contributed by atoms with Gasteiger partial charge in [0.25, 0.3) is 0 Å². The van der Waals surface area contributed by atoms with Crippen molar-refractivity contribution in [2.24, 2.45) is 0 Å². The van der Waals surface area contributed by atoms with Crippen molar-refractivity contribution in [3.05, 3.63) is 80.8 Å². The highest BCUT2D eigenvalue weighted by Crippen LogP contribution is 2.20. The number of nitrogens with zero attached hydrogens (tertiary/aromatic N) is 1. The van der Waals surface area contributed by atoms with Crippen molar-refractivity contribution < 1.29 is 14.3 Å². The van der Waals surface area contributed by atoms with E-state index in [1.807, 2.05) is 50.4 Å². The zero-order valence-corrected chi connectivity index (χ0v) is 15.9. The van der Waals surface area contributed by atoms with E-state index in [4.69, 9.17) is 4.74 Å². The highest BCUT2D eigenvalue weighted by Gasteiger charge is 2.18. The Morgan fingerprint density at radius 3 is 2.46 bits per heavy atom. The van der Waals surface area contributed by atoms with Crippen LogP contribution in [0.1, 0.15) is 42.5 Å². The molecule has 0 atom stereocenters. The molecular formula is C21H21NO3S. The lowest BCUT2D eigenvalue weighted by atomic mass is 10.1. The van der Waals surface area contributed by atoms with Crippen molar-refractivity contribution in [1.29, 1.82) is 0 Å². The number of carbonyl (C=O) groups excluding carboxylic acids is 2. The fourth-order valence-electron chi connectivity index (χ4n) is 2.87. The maximum atomic E-state index is 12.5. The van der Waals surface area contributed by atoms with Crippen LogP contribution in [-0.4, -0.2) is 22.9 Å². The first-order valence-corrected chi connectivity index (χ1v) is 9.30. The Hall–Kier alpha value is -2.66. The Morgan fingerprint density at radius 2 is 1.81 bits per heavy atom. The number of rotatable bonds is 6. The Bertz CT molecular complexity index is 921. The summed E-state index contributed by atoms with van der Waals surface area (Å²) in [5.41, 5.74) is 4.04. The van der Waals surface area contributed by atoms with Crippen molar-refractivity contribution in [2.75, 3.05) is 6.61 Å². The molecule has 5 heteroatoms. The molecule has 0 saturated carbocycles. The summed E-state index contributed by atoms with van der Waals surface area (Å²) in [5.74, 6) is -0.665. The molecule has 0 N–H and O–H groups in total. The van der Waals surface area contributed by atoms with Crippen molar-refractivity contribution in [3.8, 4) is 0 Å². The van der Waals surface area contributed by atoms with Crippen LogP contribution in [0.3, 0.4) is 0 Å². The lowest BCUT2D eigenvalue weighted by molar-refractivity contribution is 0.0474. The second-order valence-electron chi connectivity index (χ2n) is 6.32. The number of esters is 1. The quantitative estimate of drug-likeness (QED) is 0.474. The predicted octanol–water partition coefficient (Wildman–Crippen LogP) is 4.56. The van der Waals surface area contributed by atoms with Gasteiger partial charge in [-0.3, -0.25) is 4.79 Å². The zero-order valence-electron chi connectivity index (χ0n) is 15.1. The molecule has 2 aromatic heterocycles. The predicted molar refractivity (Wildman–Crippen MR) is 103 cm³/mol. The van der Waals surface area contributed by atoms with E-state index in [0.717, 1.165) is 23.5 Å². The van der Waals surface area contributed by atoms with Crippen LogP contribution in [0.5, 0.6) is 0 Å². The van der Waals surface area contributed by atoms with Gasteiger partial charge in [0.1, 0.15) is 0 Å². The number of aromatic nitrogens is 1. The number of benzene rings is 1. The number of hydrogen-bond donors (Lipinski definition) is 0. The average molecular weight is 367 g/mol. The van der Waals surface area contributed by atoms with Crippen molar-refractivity contribution in [2.45, 2.75) is 27.3 Å². The molecule has 3 rings (SSSR count). The second-order valence-corrected chi connectivity index (χ2v) is 7.35. The SMILES string of the molecule is Cc1ccc(C(=O)OCC(=O)c2cc(C)n(Cc3cccs3)c2C)cc1. The maximum Gasteiger partial charge on any atom is 0.338 e. The smallest absolute Gasteiger partial charge is 0.338 e. The van der Waals surface area contributed by atoms with Gasteiger partial charge >= 0.3 is 5.97 Å². The van der Waals surface area contributed by atoms with Crippen LogP contribution in [0.4, 0.5) is 0 Å². The molecule has 26 heavy (non-hydrogen) atoms. The van der Waals surface area contributed by atoms with E-state index in [-0.39, 0.29) is 12.4 Å². The lowest BCUT2D eigenvalue weighted by Crippen LogP contribution is -2.15. The van der Waals surface area contributed by atoms with Crippen molar-refractivity contribution in [1.82, 2.24) is 4.57 Å². The third-order valence-corrected chi connectivity index (χ3v) is 5.25. The standard InChI is InChI=1S/C21H21NO3S/c1-14-6-8-17(9-7-14)21(24)25-13-20(23)19-11-15(2)22(16(19)3)12-18-5-4-10-26-18/h4-11H,12-13H2,1-3H3. The Kier molecular flexibility index (Phi) is 5.38. The molecule has 0 unspecified atom stereocenters. The van der Waals surface area contributed by atoms with Crippen LogP contribution in [0.25, 0.3) is 0 Å². The molecule has 134 valence electrons. The normalized spacial score (nSPS) is 10.7. The minimum absolute atomic E-state index is 0.184. The van der Waals surface area contributed by atoms with Gasteiger partial charge in [0.15, 0.2) is 6.61 Å². The van der Waals surface area contributed by atoms with Crippen LogP contribution >= 0.6 is 11.3 Å². The van der Waals surface area contributed by atoms with E-state index < -0.39 is 5.97 Å². The minimum atomic E-state index is -0.481. The number of carbonyl (C=O) groups is 2. The summed E-state index contributed by atoms with van der Waals surface area (Å²) in [6, 6.07) is 13.1. The molecule has 0 fully saturated rings. The summed E-state index contributed by atoms with van der Waals surface area (Å²) in [7, 11) is 0.